The van der Waals surface area contributed by atoms with E-state index in [-0.39, 0.29) is 0 Å². The Morgan fingerprint density at radius 1 is 0.667 bits per heavy atom. The lowest BCUT2D eigenvalue weighted by Gasteiger charge is -2.12. The molecule has 0 fully saturated rings. The summed E-state index contributed by atoms with van der Waals surface area (Å²) in [5.74, 6) is 0. The summed E-state index contributed by atoms with van der Waals surface area (Å²) in [6.45, 7) is 4.30. The molecule has 0 bridgehead atoms. The molecule has 0 aliphatic heterocycles. The molecule has 0 nitrogen and oxygen atoms in total. The number of hydrogen-bond acceptors (Lipinski definition) is 0. The minimum Gasteiger partial charge on any atom is -0.0905 e. The quantitative estimate of drug-likeness (QED) is 0.600. The molecule has 0 aromatic heterocycles. The van der Waals surface area contributed by atoms with E-state index in [4.69, 9.17) is 0 Å². The van der Waals surface area contributed by atoms with Crippen LogP contribution >= 0.6 is 0 Å². The van der Waals surface area contributed by atoms with Crippen LogP contribution in [0, 0.1) is 0 Å². The third-order valence-corrected chi connectivity index (χ3v) is 3.70. The Balaban J connectivity index is 1.95. The van der Waals surface area contributed by atoms with E-state index < -0.39 is 0 Å². The molecule has 3 rings (SSSR count). The summed E-state index contributed by atoms with van der Waals surface area (Å²) in [6, 6.07) is 29.5. The monoisotopic (exact) mass is 270 g/mol. The Labute approximate surface area is 126 Å². The van der Waals surface area contributed by atoms with Crippen LogP contribution in [-0.2, 0) is 6.42 Å². The first-order chi connectivity index (χ1) is 10.3. The first-order valence-corrected chi connectivity index (χ1v) is 7.21. The van der Waals surface area contributed by atoms with Gasteiger partial charge in [0.05, 0.1) is 0 Å². The van der Waals surface area contributed by atoms with Crippen molar-refractivity contribution < 1.29 is 0 Å². The van der Waals surface area contributed by atoms with E-state index in [1.54, 1.807) is 0 Å². The number of benzene rings is 3. The highest BCUT2D eigenvalue weighted by atomic mass is 14.1. The van der Waals surface area contributed by atoms with E-state index in [1.165, 1.54) is 22.3 Å². The molecular weight excluding hydrogens is 252 g/mol. The smallest absolute Gasteiger partial charge is 0.00196 e. The van der Waals surface area contributed by atoms with Crippen LogP contribution in [0.3, 0.4) is 0 Å². The maximum atomic E-state index is 4.30. The van der Waals surface area contributed by atoms with Gasteiger partial charge in [-0.1, -0.05) is 91.5 Å². The molecule has 0 aliphatic carbocycles. The molecule has 0 heteroatoms. The molecular formula is C21H18. The van der Waals surface area contributed by atoms with Gasteiger partial charge in [-0.3, -0.25) is 0 Å². The highest BCUT2D eigenvalue weighted by Crippen LogP contribution is 2.26. The fraction of sp³-hybridized carbons (Fsp3) is 0.0476. The van der Waals surface area contributed by atoms with Gasteiger partial charge in [-0.25, -0.2) is 0 Å². The Hall–Kier alpha value is -2.60. The summed E-state index contributed by atoms with van der Waals surface area (Å²) in [5.41, 5.74) is 6.14. The van der Waals surface area contributed by atoms with Crippen LogP contribution in [-0.4, -0.2) is 0 Å². The molecule has 0 spiro atoms. The highest BCUT2D eigenvalue weighted by molar-refractivity contribution is 5.79. The third kappa shape index (κ3) is 3.11. The maximum absolute atomic E-state index is 4.30. The van der Waals surface area contributed by atoms with Gasteiger partial charge in [0, 0.05) is 0 Å². The van der Waals surface area contributed by atoms with Crippen LogP contribution in [0.5, 0.6) is 0 Å². The van der Waals surface area contributed by atoms with Crippen molar-refractivity contribution in [1.82, 2.24) is 0 Å². The molecule has 0 aliphatic rings. The van der Waals surface area contributed by atoms with Crippen LogP contribution in [0.15, 0.2) is 91.5 Å². The predicted molar refractivity (Wildman–Crippen MR) is 90.3 cm³/mol. The minimum absolute atomic E-state index is 0.933. The molecule has 102 valence electrons. The van der Waals surface area contributed by atoms with Gasteiger partial charge in [0.2, 0.25) is 0 Å². The van der Waals surface area contributed by atoms with Crippen molar-refractivity contribution in [2.24, 2.45) is 0 Å². The zero-order chi connectivity index (χ0) is 14.5. The summed E-state index contributed by atoms with van der Waals surface area (Å²) in [6.07, 6.45) is 0.933. The fourth-order valence-corrected chi connectivity index (χ4v) is 2.58. The lowest BCUT2D eigenvalue weighted by molar-refractivity contribution is 1.18. The molecule has 0 radical (unpaired) electrons. The van der Waals surface area contributed by atoms with Gasteiger partial charge in [0.15, 0.2) is 0 Å². The number of rotatable bonds is 4. The van der Waals surface area contributed by atoms with Crippen molar-refractivity contribution >= 4 is 5.57 Å². The van der Waals surface area contributed by atoms with Gasteiger partial charge < -0.3 is 0 Å². The van der Waals surface area contributed by atoms with Crippen LogP contribution in [0.4, 0.5) is 0 Å². The summed E-state index contributed by atoms with van der Waals surface area (Å²) >= 11 is 0. The first kappa shape index (κ1) is 13.4. The molecule has 3 aromatic carbocycles. The first-order valence-electron chi connectivity index (χ1n) is 7.21. The largest absolute Gasteiger partial charge is 0.0905 e. The standard InChI is InChI=1S/C21H18/c1-17(19-12-6-3-7-13-19)21-15-9-8-14-20(21)16-18-10-4-2-5-11-18/h2-15H,1,16H2. The summed E-state index contributed by atoms with van der Waals surface area (Å²) in [7, 11) is 0. The zero-order valence-corrected chi connectivity index (χ0v) is 12.0. The Morgan fingerprint density at radius 2 is 1.24 bits per heavy atom. The lowest BCUT2D eigenvalue weighted by atomic mass is 9.92. The summed E-state index contributed by atoms with van der Waals surface area (Å²) in [5, 5.41) is 0. The average Bonchev–Trinajstić information content (AvgIpc) is 2.56. The van der Waals surface area contributed by atoms with E-state index in [9.17, 15) is 0 Å². The van der Waals surface area contributed by atoms with Gasteiger partial charge in [-0.2, -0.15) is 0 Å². The van der Waals surface area contributed by atoms with Crippen LogP contribution in [0.1, 0.15) is 22.3 Å². The molecule has 0 saturated carbocycles. The highest BCUT2D eigenvalue weighted by Gasteiger charge is 2.07. The Morgan fingerprint density at radius 3 is 1.95 bits per heavy atom. The summed E-state index contributed by atoms with van der Waals surface area (Å²) < 4.78 is 0. The predicted octanol–water partition coefficient (Wildman–Crippen LogP) is 5.34. The van der Waals surface area contributed by atoms with Crippen LogP contribution in [0.25, 0.3) is 5.57 Å². The van der Waals surface area contributed by atoms with Gasteiger partial charge in [-0.15, -0.1) is 0 Å². The van der Waals surface area contributed by atoms with E-state index in [2.05, 4.69) is 85.4 Å². The van der Waals surface area contributed by atoms with Gasteiger partial charge in [0.25, 0.3) is 0 Å². The third-order valence-electron chi connectivity index (χ3n) is 3.70. The van der Waals surface area contributed by atoms with Crippen molar-refractivity contribution in [3.63, 3.8) is 0 Å². The van der Waals surface area contributed by atoms with Gasteiger partial charge in [0.1, 0.15) is 0 Å². The molecule has 0 N–H and O–H groups in total. The number of hydrogen-bond donors (Lipinski definition) is 0. The molecule has 3 aromatic rings. The average molecular weight is 270 g/mol. The topological polar surface area (TPSA) is 0 Å². The van der Waals surface area contributed by atoms with E-state index in [1.807, 2.05) is 6.07 Å². The minimum atomic E-state index is 0.933. The van der Waals surface area contributed by atoms with Crippen molar-refractivity contribution in [3.05, 3.63) is 114 Å². The van der Waals surface area contributed by atoms with E-state index in [0.29, 0.717) is 0 Å². The molecule has 0 heterocycles. The SMILES string of the molecule is C=C(c1ccccc1)c1ccccc1Cc1ccccc1. The van der Waals surface area contributed by atoms with Gasteiger partial charge in [-0.05, 0) is 34.2 Å². The zero-order valence-electron chi connectivity index (χ0n) is 12.0. The maximum Gasteiger partial charge on any atom is -0.00196 e. The Bertz CT molecular complexity index is 724. The van der Waals surface area contributed by atoms with E-state index >= 15 is 0 Å². The molecule has 21 heavy (non-hydrogen) atoms. The molecule has 0 unspecified atom stereocenters. The Kier molecular flexibility index (Phi) is 3.97. The summed E-state index contributed by atoms with van der Waals surface area (Å²) in [4.78, 5) is 0. The molecule has 0 amide bonds. The van der Waals surface area contributed by atoms with Crippen molar-refractivity contribution in [1.29, 1.82) is 0 Å². The van der Waals surface area contributed by atoms with Crippen LogP contribution in [0.2, 0.25) is 0 Å². The van der Waals surface area contributed by atoms with Crippen molar-refractivity contribution in [2.45, 2.75) is 6.42 Å². The second-order valence-corrected chi connectivity index (χ2v) is 5.16. The van der Waals surface area contributed by atoms with Crippen LogP contribution < -0.4 is 0 Å². The van der Waals surface area contributed by atoms with Gasteiger partial charge >= 0.3 is 0 Å². The lowest BCUT2D eigenvalue weighted by Crippen LogP contribution is -1.95. The molecule has 0 saturated heterocycles. The normalized spacial score (nSPS) is 10.3. The second-order valence-electron chi connectivity index (χ2n) is 5.16. The van der Waals surface area contributed by atoms with Crippen molar-refractivity contribution in [2.75, 3.05) is 0 Å². The fourth-order valence-electron chi connectivity index (χ4n) is 2.58. The second kappa shape index (κ2) is 6.23. The van der Waals surface area contributed by atoms with Crippen molar-refractivity contribution in [3.8, 4) is 0 Å². The molecule has 0 atom stereocenters. The van der Waals surface area contributed by atoms with E-state index in [0.717, 1.165) is 12.0 Å².